The van der Waals surface area contributed by atoms with Gasteiger partial charge < -0.3 is 19.7 Å². The third kappa shape index (κ3) is 4.88. The van der Waals surface area contributed by atoms with Crippen LogP contribution in [0.25, 0.3) is 0 Å². The molecule has 0 aromatic heterocycles. The Morgan fingerprint density at radius 3 is 2.61 bits per heavy atom. The summed E-state index contributed by atoms with van der Waals surface area (Å²) in [5.41, 5.74) is 0.796. The van der Waals surface area contributed by atoms with Gasteiger partial charge in [0.1, 0.15) is 11.7 Å². The van der Waals surface area contributed by atoms with E-state index in [9.17, 15) is 19.6 Å². The predicted octanol–water partition coefficient (Wildman–Crippen LogP) is 2.55. The summed E-state index contributed by atoms with van der Waals surface area (Å²) < 4.78 is 10.7. The van der Waals surface area contributed by atoms with Crippen molar-refractivity contribution in [3.63, 3.8) is 0 Å². The number of halogens is 1. The molecule has 164 valence electrons. The van der Waals surface area contributed by atoms with Crippen LogP contribution in [0.15, 0.2) is 33.3 Å². The summed E-state index contributed by atoms with van der Waals surface area (Å²) in [5.74, 6) is -2.75. The molecule has 0 radical (unpaired) electrons. The van der Waals surface area contributed by atoms with Gasteiger partial charge in [0.05, 0.1) is 41.1 Å². The van der Waals surface area contributed by atoms with Gasteiger partial charge in [0, 0.05) is 19.0 Å². The van der Waals surface area contributed by atoms with E-state index < -0.39 is 23.7 Å². The van der Waals surface area contributed by atoms with Crippen molar-refractivity contribution in [2.75, 3.05) is 33.1 Å². The molecule has 10 heteroatoms. The van der Waals surface area contributed by atoms with E-state index in [1.54, 1.807) is 23.1 Å². The fourth-order valence-corrected chi connectivity index (χ4v) is 5.26. The minimum atomic E-state index is -1.22. The van der Waals surface area contributed by atoms with Gasteiger partial charge in [-0.3, -0.25) is 14.4 Å². The molecule has 31 heavy (non-hydrogen) atoms. The lowest BCUT2D eigenvalue weighted by atomic mass is 9.78. The van der Waals surface area contributed by atoms with Gasteiger partial charge in [-0.05, 0) is 46.5 Å². The molecule has 2 aliphatic heterocycles. The molecule has 0 bridgehead atoms. The number of likely N-dealkylation sites (tertiary alicyclic amines) is 1. The SMILES string of the molecule is COC(=O)[C@H]1C(=O)NC(SCC(=O)N2CCCC2)=C(C#N)[C@H]1c1ccc(OC)c(Br)c1. The molecule has 2 amide bonds. The number of esters is 1. The highest BCUT2D eigenvalue weighted by Crippen LogP contribution is 2.42. The van der Waals surface area contributed by atoms with Crippen molar-refractivity contribution in [1.82, 2.24) is 10.2 Å². The molecule has 0 aliphatic carbocycles. The Kier molecular flexibility index (Phi) is 7.62. The number of carbonyl (C=O) groups excluding carboxylic acids is 3. The van der Waals surface area contributed by atoms with Crippen LogP contribution in [0.3, 0.4) is 0 Å². The Hall–Kier alpha value is -2.51. The number of nitriles is 1. The van der Waals surface area contributed by atoms with E-state index in [0.717, 1.165) is 37.7 Å². The van der Waals surface area contributed by atoms with E-state index in [1.807, 2.05) is 0 Å². The van der Waals surface area contributed by atoms with E-state index in [0.29, 0.717) is 15.8 Å². The Labute approximate surface area is 193 Å². The average molecular weight is 508 g/mol. The summed E-state index contributed by atoms with van der Waals surface area (Å²) in [7, 11) is 2.73. The molecule has 1 aromatic carbocycles. The number of carbonyl (C=O) groups is 3. The molecule has 0 saturated carbocycles. The monoisotopic (exact) mass is 507 g/mol. The molecule has 2 heterocycles. The second-order valence-electron chi connectivity index (χ2n) is 7.09. The molecule has 0 unspecified atom stereocenters. The summed E-state index contributed by atoms with van der Waals surface area (Å²) in [5, 5.41) is 12.9. The summed E-state index contributed by atoms with van der Waals surface area (Å²) in [4.78, 5) is 39.5. The van der Waals surface area contributed by atoms with Gasteiger partial charge in [-0.25, -0.2) is 0 Å². The summed E-state index contributed by atoms with van der Waals surface area (Å²) in [6.45, 7) is 1.45. The van der Waals surface area contributed by atoms with Crippen LogP contribution >= 0.6 is 27.7 Å². The van der Waals surface area contributed by atoms with Crippen molar-refractivity contribution in [3.8, 4) is 11.8 Å². The first-order valence-corrected chi connectivity index (χ1v) is 11.5. The molecule has 1 N–H and O–H groups in total. The Morgan fingerprint density at radius 1 is 1.32 bits per heavy atom. The highest BCUT2D eigenvalue weighted by molar-refractivity contribution is 9.10. The number of methoxy groups -OCH3 is 2. The predicted molar refractivity (Wildman–Crippen MR) is 118 cm³/mol. The molecular formula is C21H22BrN3O5S. The molecule has 2 atom stereocenters. The zero-order valence-electron chi connectivity index (χ0n) is 17.1. The Balaban J connectivity index is 1.98. The van der Waals surface area contributed by atoms with Crippen molar-refractivity contribution in [3.05, 3.63) is 38.8 Å². The number of amides is 2. The van der Waals surface area contributed by atoms with Crippen LogP contribution in [-0.2, 0) is 19.1 Å². The lowest BCUT2D eigenvalue weighted by molar-refractivity contribution is -0.150. The number of hydrogen-bond acceptors (Lipinski definition) is 7. The summed E-state index contributed by atoms with van der Waals surface area (Å²) >= 11 is 4.52. The van der Waals surface area contributed by atoms with Gasteiger partial charge in [0.25, 0.3) is 0 Å². The number of allylic oxidation sites excluding steroid dienone is 1. The van der Waals surface area contributed by atoms with E-state index in [1.165, 1.54) is 14.2 Å². The van der Waals surface area contributed by atoms with Crippen LogP contribution in [0.5, 0.6) is 5.75 Å². The van der Waals surface area contributed by atoms with E-state index >= 15 is 0 Å². The number of benzene rings is 1. The van der Waals surface area contributed by atoms with Crippen LogP contribution in [0.2, 0.25) is 0 Å². The third-order valence-corrected chi connectivity index (χ3v) is 6.94. The number of ether oxygens (including phenoxy) is 2. The fraction of sp³-hybridized carbons (Fsp3) is 0.429. The van der Waals surface area contributed by atoms with Crippen LogP contribution in [-0.4, -0.2) is 55.7 Å². The molecule has 1 fully saturated rings. The summed E-state index contributed by atoms with van der Waals surface area (Å²) in [6.07, 6.45) is 1.96. The summed E-state index contributed by atoms with van der Waals surface area (Å²) in [6, 6.07) is 7.25. The van der Waals surface area contributed by atoms with E-state index in [4.69, 9.17) is 9.47 Å². The maximum absolute atomic E-state index is 12.9. The number of nitrogens with one attached hydrogen (secondary N) is 1. The molecule has 3 rings (SSSR count). The Bertz CT molecular complexity index is 968. The molecule has 8 nitrogen and oxygen atoms in total. The highest BCUT2D eigenvalue weighted by atomic mass is 79.9. The highest BCUT2D eigenvalue weighted by Gasteiger charge is 2.44. The molecular weight excluding hydrogens is 486 g/mol. The quantitative estimate of drug-likeness (QED) is 0.465. The minimum Gasteiger partial charge on any atom is -0.496 e. The second kappa shape index (κ2) is 10.2. The zero-order valence-corrected chi connectivity index (χ0v) is 19.5. The number of hydrogen-bond donors (Lipinski definition) is 1. The zero-order chi connectivity index (χ0) is 22.5. The number of nitrogens with zero attached hydrogens (tertiary/aromatic N) is 2. The standard InChI is InChI=1S/C21H22BrN3O5S/c1-29-15-6-5-12(9-14(15)22)17-13(10-23)20(24-19(27)18(17)21(28)30-2)31-11-16(26)25-7-3-4-8-25/h5-6,9,17-18H,3-4,7-8,11H2,1-2H3,(H,24,27)/t17-,18-/m1/s1. The normalized spacial score (nSPS) is 20.8. The van der Waals surface area contributed by atoms with Crippen molar-refractivity contribution in [2.45, 2.75) is 18.8 Å². The Morgan fingerprint density at radius 2 is 2.03 bits per heavy atom. The second-order valence-corrected chi connectivity index (χ2v) is 8.93. The van der Waals surface area contributed by atoms with Gasteiger partial charge in [-0.2, -0.15) is 5.26 Å². The van der Waals surface area contributed by atoms with Gasteiger partial charge in [0.15, 0.2) is 0 Å². The minimum absolute atomic E-state index is 0.0413. The smallest absolute Gasteiger partial charge is 0.319 e. The van der Waals surface area contributed by atoms with Crippen LogP contribution in [0.1, 0.15) is 24.3 Å². The first kappa shape index (κ1) is 23.2. The van der Waals surface area contributed by atoms with Crippen LogP contribution < -0.4 is 10.1 Å². The lowest BCUT2D eigenvalue weighted by Crippen LogP contribution is -2.44. The molecule has 1 saturated heterocycles. The maximum atomic E-state index is 12.9. The molecule has 0 spiro atoms. The van der Waals surface area contributed by atoms with Crippen LogP contribution in [0.4, 0.5) is 0 Å². The number of thioether (sulfide) groups is 1. The lowest BCUT2D eigenvalue weighted by Gasteiger charge is -2.31. The molecule has 2 aliphatic rings. The fourth-order valence-electron chi connectivity index (χ4n) is 3.75. The van der Waals surface area contributed by atoms with Crippen molar-refractivity contribution < 1.29 is 23.9 Å². The van der Waals surface area contributed by atoms with Crippen molar-refractivity contribution >= 4 is 45.5 Å². The first-order chi connectivity index (χ1) is 14.9. The van der Waals surface area contributed by atoms with Gasteiger partial charge in [-0.15, -0.1) is 0 Å². The molecule has 1 aromatic rings. The van der Waals surface area contributed by atoms with Gasteiger partial charge in [0.2, 0.25) is 11.8 Å². The van der Waals surface area contributed by atoms with E-state index in [-0.39, 0.29) is 22.3 Å². The number of rotatable bonds is 6. The van der Waals surface area contributed by atoms with E-state index in [2.05, 4.69) is 27.3 Å². The largest absolute Gasteiger partial charge is 0.496 e. The van der Waals surface area contributed by atoms with Gasteiger partial charge in [-0.1, -0.05) is 17.8 Å². The first-order valence-electron chi connectivity index (χ1n) is 9.68. The van der Waals surface area contributed by atoms with Crippen LogP contribution in [0, 0.1) is 17.2 Å². The maximum Gasteiger partial charge on any atom is 0.319 e. The van der Waals surface area contributed by atoms with Crippen molar-refractivity contribution in [2.24, 2.45) is 5.92 Å². The van der Waals surface area contributed by atoms with Gasteiger partial charge >= 0.3 is 5.97 Å². The van der Waals surface area contributed by atoms with Crippen molar-refractivity contribution in [1.29, 1.82) is 5.26 Å². The topological polar surface area (TPSA) is 109 Å². The average Bonchev–Trinajstić information content (AvgIpc) is 3.31. The third-order valence-electron chi connectivity index (χ3n) is 5.32.